The van der Waals surface area contributed by atoms with Gasteiger partial charge in [0.25, 0.3) is 0 Å². The molecule has 0 bridgehead atoms. The molecule has 0 amide bonds. The zero-order chi connectivity index (χ0) is 41.9. The molecule has 0 aromatic rings. The number of hydrogen-bond acceptors (Lipinski definition) is 6. The summed E-state index contributed by atoms with van der Waals surface area (Å²) in [5, 5.41) is 0. The number of carbonyl (C=O) groups is 3. The van der Waals surface area contributed by atoms with Gasteiger partial charge >= 0.3 is 17.9 Å². The Morgan fingerprint density at radius 1 is 0.333 bits per heavy atom. The molecule has 0 aromatic heterocycles. The predicted molar refractivity (Wildman–Crippen MR) is 243 cm³/mol. The molecule has 0 radical (unpaired) electrons. The Balaban J connectivity index is 4.24. The van der Waals surface area contributed by atoms with Gasteiger partial charge in [0.05, 0.1) is 0 Å². The number of carbonyl (C=O) groups excluding carboxylic acids is 3. The first-order valence-corrected chi connectivity index (χ1v) is 25.2. The van der Waals surface area contributed by atoms with Crippen LogP contribution in [0.2, 0.25) is 0 Å². The van der Waals surface area contributed by atoms with E-state index in [1.165, 1.54) is 167 Å². The van der Waals surface area contributed by atoms with Gasteiger partial charge in [0.2, 0.25) is 0 Å². The van der Waals surface area contributed by atoms with Crippen molar-refractivity contribution in [2.24, 2.45) is 11.8 Å². The van der Waals surface area contributed by atoms with Crippen LogP contribution in [0, 0.1) is 11.8 Å². The molecule has 0 saturated carbocycles. The van der Waals surface area contributed by atoms with Crippen molar-refractivity contribution < 1.29 is 28.6 Å². The van der Waals surface area contributed by atoms with E-state index < -0.39 is 6.10 Å². The zero-order valence-electron chi connectivity index (χ0n) is 39.0. The summed E-state index contributed by atoms with van der Waals surface area (Å²) in [7, 11) is 0. The summed E-state index contributed by atoms with van der Waals surface area (Å²) in [4.78, 5) is 37.8. The van der Waals surface area contributed by atoms with Gasteiger partial charge in [-0.3, -0.25) is 14.4 Å². The lowest BCUT2D eigenvalue weighted by molar-refractivity contribution is -0.167. The molecule has 0 saturated heterocycles. The van der Waals surface area contributed by atoms with Crippen molar-refractivity contribution in [1.29, 1.82) is 0 Å². The molecule has 0 spiro atoms. The Bertz CT molecular complexity index is 870. The third-order valence-electron chi connectivity index (χ3n) is 11.5. The van der Waals surface area contributed by atoms with Crippen molar-refractivity contribution in [1.82, 2.24) is 0 Å². The van der Waals surface area contributed by atoms with E-state index in [1.807, 2.05) is 0 Å². The maximum absolute atomic E-state index is 12.7. The van der Waals surface area contributed by atoms with Gasteiger partial charge in [-0.25, -0.2) is 0 Å². The van der Waals surface area contributed by atoms with Crippen molar-refractivity contribution in [2.45, 2.75) is 285 Å². The van der Waals surface area contributed by atoms with Crippen LogP contribution in [0.5, 0.6) is 0 Å². The van der Waals surface area contributed by atoms with Gasteiger partial charge in [-0.1, -0.05) is 240 Å². The maximum Gasteiger partial charge on any atom is 0.306 e. The Hall–Kier alpha value is -1.59. The number of esters is 3. The highest BCUT2D eigenvalue weighted by atomic mass is 16.6. The highest BCUT2D eigenvalue weighted by molar-refractivity contribution is 5.71. The number of unbranched alkanes of at least 4 members (excludes halogenated alkanes) is 30. The second kappa shape index (κ2) is 44.0. The van der Waals surface area contributed by atoms with Crippen LogP contribution in [0.4, 0.5) is 0 Å². The van der Waals surface area contributed by atoms with Crippen LogP contribution in [0.3, 0.4) is 0 Å². The van der Waals surface area contributed by atoms with E-state index >= 15 is 0 Å². The van der Waals surface area contributed by atoms with E-state index in [4.69, 9.17) is 14.2 Å². The van der Waals surface area contributed by atoms with E-state index in [1.54, 1.807) is 0 Å². The third kappa shape index (κ3) is 45.3. The molecule has 6 heteroatoms. The fraction of sp³-hybridized carbons (Fsp3) is 0.941. The second-order valence-electron chi connectivity index (χ2n) is 18.4. The SMILES string of the molecule is CCCCCCCCCCCCCCCCCCCC(=O)OC[C@H](COC(=O)CCCCCCCCCCCCC(C)C)OC(=O)CCCCCCCCC(C)C. The molecule has 0 aromatic carbocycles. The average Bonchev–Trinajstić information content (AvgIpc) is 3.18. The van der Waals surface area contributed by atoms with Crippen LogP contribution in [-0.4, -0.2) is 37.2 Å². The van der Waals surface area contributed by atoms with Crippen molar-refractivity contribution in [3.63, 3.8) is 0 Å². The van der Waals surface area contributed by atoms with Crippen LogP contribution >= 0.6 is 0 Å². The van der Waals surface area contributed by atoms with Gasteiger partial charge in [-0.2, -0.15) is 0 Å². The summed E-state index contributed by atoms with van der Waals surface area (Å²) >= 11 is 0. The first-order valence-electron chi connectivity index (χ1n) is 25.2. The zero-order valence-corrected chi connectivity index (χ0v) is 39.0. The van der Waals surface area contributed by atoms with Gasteiger partial charge in [-0.05, 0) is 31.1 Å². The van der Waals surface area contributed by atoms with Gasteiger partial charge in [0, 0.05) is 19.3 Å². The highest BCUT2D eigenvalue weighted by Crippen LogP contribution is 2.17. The van der Waals surface area contributed by atoms with Gasteiger partial charge in [0.15, 0.2) is 6.10 Å². The fourth-order valence-electron chi connectivity index (χ4n) is 7.64. The van der Waals surface area contributed by atoms with Gasteiger partial charge in [-0.15, -0.1) is 0 Å². The molecule has 1 atom stereocenters. The molecule has 6 nitrogen and oxygen atoms in total. The summed E-state index contributed by atoms with van der Waals surface area (Å²) in [6.07, 6.45) is 43.9. The molecule has 0 unspecified atom stereocenters. The molecule has 338 valence electrons. The minimum absolute atomic E-state index is 0.0651. The maximum atomic E-state index is 12.7. The van der Waals surface area contributed by atoms with Crippen LogP contribution in [-0.2, 0) is 28.6 Å². The van der Waals surface area contributed by atoms with E-state index in [9.17, 15) is 14.4 Å². The quantitative estimate of drug-likeness (QED) is 0.0346. The average molecular weight is 807 g/mol. The summed E-state index contributed by atoms with van der Waals surface area (Å²) in [5.41, 5.74) is 0. The topological polar surface area (TPSA) is 78.9 Å². The second-order valence-corrected chi connectivity index (χ2v) is 18.4. The van der Waals surface area contributed by atoms with Crippen LogP contribution < -0.4 is 0 Å². The first kappa shape index (κ1) is 55.4. The molecule has 57 heavy (non-hydrogen) atoms. The van der Waals surface area contributed by atoms with E-state index in [0.717, 1.165) is 69.6 Å². The summed E-state index contributed by atoms with van der Waals surface area (Å²) < 4.78 is 16.8. The molecular weight excluding hydrogens is 709 g/mol. The monoisotopic (exact) mass is 807 g/mol. The molecule has 0 N–H and O–H groups in total. The smallest absolute Gasteiger partial charge is 0.306 e. The molecule has 0 rings (SSSR count). The number of rotatable bonds is 45. The van der Waals surface area contributed by atoms with E-state index in [2.05, 4.69) is 34.6 Å². The molecule has 0 fully saturated rings. The van der Waals surface area contributed by atoms with Crippen LogP contribution in [0.15, 0.2) is 0 Å². The standard InChI is InChI=1S/C51H98O6/c1-6-7-8-9-10-11-12-13-14-15-16-17-18-22-25-31-36-41-49(52)55-44-48(57-51(54)43-38-33-28-27-30-35-40-47(4)5)45-56-50(53)42-37-32-26-23-20-19-21-24-29-34-39-46(2)3/h46-48H,6-45H2,1-5H3/t48-/m1/s1. The Labute approximate surface area is 355 Å². The van der Waals surface area contributed by atoms with Crippen molar-refractivity contribution >= 4 is 17.9 Å². The Kier molecular flexibility index (Phi) is 42.7. The number of ether oxygens (including phenoxy) is 3. The lowest BCUT2D eigenvalue weighted by Gasteiger charge is -2.18. The van der Waals surface area contributed by atoms with Gasteiger partial charge in [0.1, 0.15) is 13.2 Å². The van der Waals surface area contributed by atoms with Crippen molar-refractivity contribution in [3.05, 3.63) is 0 Å². The highest BCUT2D eigenvalue weighted by Gasteiger charge is 2.19. The Morgan fingerprint density at radius 3 is 0.860 bits per heavy atom. The fourth-order valence-corrected chi connectivity index (χ4v) is 7.64. The summed E-state index contributed by atoms with van der Waals surface area (Å²) in [5.74, 6) is 0.721. The van der Waals surface area contributed by atoms with E-state index in [-0.39, 0.29) is 31.1 Å². The van der Waals surface area contributed by atoms with Crippen LogP contribution in [0.1, 0.15) is 279 Å². The molecule has 0 aliphatic rings. The molecule has 0 aliphatic carbocycles. The molecule has 0 heterocycles. The lowest BCUT2D eigenvalue weighted by Crippen LogP contribution is -2.30. The summed E-state index contributed by atoms with van der Waals surface area (Å²) in [6.45, 7) is 11.3. The third-order valence-corrected chi connectivity index (χ3v) is 11.5. The largest absolute Gasteiger partial charge is 0.462 e. The van der Waals surface area contributed by atoms with Crippen LogP contribution in [0.25, 0.3) is 0 Å². The lowest BCUT2D eigenvalue weighted by atomic mass is 10.0. The van der Waals surface area contributed by atoms with Crippen molar-refractivity contribution in [2.75, 3.05) is 13.2 Å². The Morgan fingerprint density at radius 2 is 0.579 bits per heavy atom. The predicted octanol–water partition coefficient (Wildman–Crippen LogP) is 16.1. The normalized spacial score (nSPS) is 12.1. The van der Waals surface area contributed by atoms with Gasteiger partial charge < -0.3 is 14.2 Å². The van der Waals surface area contributed by atoms with Crippen molar-refractivity contribution in [3.8, 4) is 0 Å². The van der Waals surface area contributed by atoms with E-state index in [0.29, 0.717) is 19.3 Å². The minimum atomic E-state index is -0.762. The first-order chi connectivity index (χ1) is 27.7. The number of hydrogen-bond donors (Lipinski definition) is 0. The summed E-state index contributed by atoms with van der Waals surface area (Å²) in [6, 6.07) is 0. The molecule has 0 aliphatic heterocycles. The minimum Gasteiger partial charge on any atom is -0.462 e. The molecular formula is C51H98O6.